The van der Waals surface area contributed by atoms with Crippen LogP contribution in [-0.2, 0) is 6.42 Å². The van der Waals surface area contributed by atoms with Gasteiger partial charge in [-0.25, -0.2) is 0 Å². The van der Waals surface area contributed by atoms with E-state index in [0.717, 1.165) is 16.5 Å². The molecule has 0 aromatic heterocycles. The van der Waals surface area contributed by atoms with E-state index in [1.54, 1.807) is 6.08 Å². The molecule has 0 aliphatic rings. The summed E-state index contributed by atoms with van der Waals surface area (Å²) in [6.07, 6.45) is 2.43. The molecule has 1 rings (SSSR count). The van der Waals surface area contributed by atoms with E-state index >= 15 is 0 Å². The van der Waals surface area contributed by atoms with Gasteiger partial charge < -0.3 is 0 Å². The van der Waals surface area contributed by atoms with Crippen molar-refractivity contribution >= 4 is 15.9 Å². The summed E-state index contributed by atoms with van der Waals surface area (Å²) < 4.78 is 1.08. The average molecular weight is 236 g/mol. The number of benzene rings is 1. The first-order valence-electron chi connectivity index (χ1n) is 4.02. The quantitative estimate of drug-likeness (QED) is 0.721. The Morgan fingerprint density at radius 1 is 1.46 bits per heavy atom. The first kappa shape index (κ1) is 10.0. The zero-order chi connectivity index (χ0) is 9.68. The predicted molar refractivity (Wildman–Crippen MR) is 57.2 cm³/mol. The van der Waals surface area contributed by atoms with Gasteiger partial charge in [-0.05, 0) is 31.0 Å². The van der Waals surface area contributed by atoms with E-state index in [1.807, 2.05) is 25.1 Å². The molecule has 1 aromatic carbocycles. The Labute approximate surface area is 86.8 Å². The third kappa shape index (κ3) is 3.43. The molecule has 0 saturated carbocycles. The third-order valence-corrected chi connectivity index (χ3v) is 2.24. The van der Waals surface area contributed by atoms with Crippen LogP contribution in [0.25, 0.3) is 0 Å². The van der Waals surface area contributed by atoms with Crippen molar-refractivity contribution in [3.63, 3.8) is 0 Å². The fraction of sp³-hybridized carbons (Fsp3) is 0.182. The molecule has 66 valence electrons. The van der Waals surface area contributed by atoms with Crippen LogP contribution in [0.5, 0.6) is 0 Å². The van der Waals surface area contributed by atoms with E-state index in [4.69, 9.17) is 5.26 Å². The van der Waals surface area contributed by atoms with E-state index in [0.29, 0.717) is 0 Å². The monoisotopic (exact) mass is 235 g/mol. The van der Waals surface area contributed by atoms with E-state index in [2.05, 4.69) is 28.1 Å². The highest BCUT2D eigenvalue weighted by Gasteiger charge is 1.94. The molecule has 0 fully saturated rings. The van der Waals surface area contributed by atoms with Gasteiger partial charge in [-0.15, -0.1) is 0 Å². The normalized spacial score (nSPS) is 11.0. The molecule has 0 aliphatic carbocycles. The van der Waals surface area contributed by atoms with E-state index < -0.39 is 0 Å². The zero-order valence-corrected chi connectivity index (χ0v) is 9.01. The minimum atomic E-state index is 0.848. The van der Waals surface area contributed by atoms with E-state index in [9.17, 15) is 0 Å². The molecule has 0 heterocycles. The van der Waals surface area contributed by atoms with Crippen LogP contribution in [0.4, 0.5) is 0 Å². The second-order valence-corrected chi connectivity index (χ2v) is 3.84. The summed E-state index contributed by atoms with van der Waals surface area (Å²) in [5.74, 6) is 0. The van der Waals surface area contributed by atoms with Crippen LogP contribution < -0.4 is 0 Å². The Morgan fingerprint density at radius 3 is 2.62 bits per heavy atom. The molecule has 0 aliphatic heterocycles. The number of nitrogens with zero attached hydrogens (tertiary/aromatic N) is 1. The Hall–Kier alpha value is -1.07. The molecular weight excluding hydrogens is 226 g/mol. The highest BCUT2D eigenvalue weighted by Crippen LogP contribution is 2.13. The van der Waals surface area contributed by atoms with Gasteiger partial charge in [0.25, 0.3) is 0 Å². The lowest BCUT2D eigenvalue weighted by Crippen LogP contribution is -1.85. The number of hydrogen-bond acceptors (Lipinski definition) is 1. The first-order chi connectivity index (χ1) is 6.22. The zero-order valence-electron chi connectivity index (χ0n) is 7.42. The molecule has 0 amide bonds. The lowest BCUT2D eigenvalue weighted by Gasteiger charge is -1.99. The Bertz CT molecular complexity index is 343. The van der Waals surface area contributed by atoms with Crippen LogP contribution in [0.15, 0.2) is 40.4 Å². The van der Waals surface area contributed by atoms with Crippen molar-refractivity contribution < 1.29 is 0 Å². The van der Waals surface area contributed by atoms with Crippen molar-refractivity contribution in [3.8, 4) is 6.07 Å². The van der Waals surface area contributed by atoms with Crippen LogP contribution >= 0.6 is 15.9 Å². The van der Waals surface area contributed by atoms with Crippen LogP contribution in [0.2, 0.25) is 0 Å². The number of halogens is 1. The molecule has 0 radical (unpaired) electrons. The maximum Gasteiger partial charge on any atom is 0.0911 e. The number of hydrogen-bond donors (Lipinski definition) is 0. The SMILES string of the molecule is C/C(=C/C#N)Cc1ccc(Br)cc1. The van der Waals surface area contributed by atoms with Crippen molar-refractivity contribution in [2.45, 2.75) is 13.3 Å². The Morgan fingerprint density at radius 2 is 2.08 bits per heavy atom. The van der Waals surface area contributed by atoms with Crippen molar-refractivity contribution in [2.75, 3.05) is 0 Å². The summed E-state index contributed by atoms with van der Waals surface area (Å²) >= 11 is 3.38. The maximum absolute atomic E-state index is 8.42. The highest BCUT2D eigenvalue weighted by molar-refractivity contribution is 9.10. The lowest BCUT2D eigenvalue weighted by atomic mass is 10.1. The van der Waals surface area contributed by atoms with Crippen LogP contribution in [0.3, 0.4) is 0 Å². The standard InChI is InChI=1S/C11H10BrN/c1-9(6-7-13)8-10-2-4-11(12)5-3-10/h2-6H,8H2,1H3/b9-6-. The van der Waals surface area contributed by atoms with Crippen molar-refractivity contribution in [3.05, 3.63) is 46.0 Å². The van der Waals surface area contributed by atoms with Crippen LogP contribution in [0, 0.1) is 11.3 Å². The molecule has 0 saturated heterocycles. The van der Waals surface area contributed by atoms with Crippen LogP contribution in [-0.4, -0.2) is 0 Å². The predicted octanol–water partition coefficient (Wildman–Crippen LogP) is 3.46. The number of rotatable bonds is 2. The molecule has 13 heavy (non-hydrogen) atoms. The van der Waals surface area contributed by atoms with Crippen LogP contribution in [0.1, 0.15) is 12.5 Å². The first-order valence-corrected chi connectivity index (χ1v) is 4.81. The number of allylic oxidation sites excluding steroid dienone is 2. The van der Waals surface area contributed by atoms with Gasteiger partial charge in [0.15, 0.2) is 0 Å². The summed E-state index contributed by atoms with van der Waals surface area (Å²) in [4.78, 5) is 0. The van der Waals surface area contributed by atoms with Crippen molar-refractivity contribution in [2.24, 2.45) is 0 Å². The second-order valence-electron chi connectivity index (χ2n) is 2.92. The average Bonchev–Trinajstić information content (AvgIpc) is 2.09. The topological polar surface area (TPSA) is 23.8 Å². The summed E-state index contributed by atoms with van der Waals surface area (Å²) in [6, 6.07) is 10.2. The lowest BCUT2D eigenvalue weighted by molar-refractivity contribution is 1.14. The molecule has 0 atom stereocenters. The van der Waals surface area contributed by atoms with E-state index in [1.165, 1.54) is 5.56 Å². The summed E-state index contributed by atoms with van der Waals surface area (Å²) in [7, 11) is 0. The molecule has 0 unspecified atom stereocenters. The minimum Gasteiger partial charge on any atom is -0.193 e. The van der Waals surface area contributed by atoms with Gasteiger partial charge in [-0.2, -0.15) is 5.26 Å². The molecule has 1 aromatic rings. The fourth-order valence-corrected chi connectivity index (χ4v) is 1.35. The van der Waals surface area contributed by atoms with Gasteiger partial charge in [0.2, 0.25) is 0 Å². The van der Waals surface area contributed by atoms with Crippen molar-refractivity contribution in [1.29, 1.82) is 5.26 Å². The maximum atomic E-state index is 8.42. The molecule has 2 heteroatoms. The molecular formula is C11H10BrN. The second kappa shape index (κ2) is 4.84. The number of nitriles is 1. The molecule has 0 N–H and O–H groups in total. The summed E-state index contributed by atoms with van der Waals surface area (Å²) in [5, 5.41) is 8.42. The molecule has 0 spiro atoms. The van der Waals surface area contributed by atoms with Gasteiger partial charge in [-0.1, -0.05) is 33.6 Å². The minimum absolute atomic E-state index is 0.848. The summed E-state index contributed by atoms with van der Waals surface area (Å²) in [5.41, 5.74) is 2.32. The summed E-state index contributed by atoms with van der Waals surface area (Å²) in [6.45, 7) is 1.96. The molecule has 1 nitrogen and oxygen atoms in total. The fourth-order valence-electron chi connectivity index (χ4n) is 1.09. The Balaban J connectivity index is 2.71. The Kier molecular flexibility index (Phi) is 3.72. The van der Waals surface area contributed by atoms with Gasteiger partial charge in [0, 0.05) is 10.5 Å². The third-order valence-electron chi connectivity index (χ3n) is 1.71. The smallest absolute Gasteiger partial charge is 0.0911 e. The molecule has 0 bridgehead atoms. The van der Waals surface area contributed by atoms with E-state index in [-0.39, 0.29) is 0 Å². The highest BCUT2D eigenvalue weighted by atomic mass is 79.9. The van der Waals surface area contributed by atoms with Gasteiger partial charge in [0.05, 0.1) is 6.07 Å². The largest absolute Gasteiger partial charge is 0.193 e. The van der Waals surface area contributed by atoms with Gasteiger partial charge in [-0.3, -0.25) is 0 Å². The van der Waals surface area contributed by atoms with Gasteiger partial charge in [0.1, 0.15) is 0 Å². The van der Waals surface area contributed by atoms with Gasteiger partial charge >= 0.3 is 0 Å². The van der Waals surface area contributed by atoms with Crippen molar-refractivity contribution in [1.82, 2.24) is 0 Å².